The minimum absolute atomic E-state index is 0.0214. The highest BCUT2D eigenvalue weighted by Gasteiger charge is 2.11. The number of carbonyl (C=O) groups is 1. The molecule has 1 atom stereocenters. The van der Waals surface area contributed by atoms with Gasteiger partial charge in [0.1, 0.15) is 0 Å². The summed E-state index contributed by atoms with van der Waals surface area (Å²) in [6.07, 6.45) is 0.951. The number of rotatable bonds is 5. The molecule has 0 aliphatic carbocycles. The summed E-state index contributed by atoms with van der Waals surface area (Å²) in [5, 5.41) is 6.34. The Morgan fingerprint density at radius 3 is 2.55 bits per heavy atom. The van der Waals surface area contributed by atoms with E-state index in [0.717, 1.165) is 44.7 Å². The van der Waals surface area contributed by atoms with Gasteiger partial charge in [0.05, 0.1) is 0 Å². The molecule has 0 bridgehead atoms. The lowest BCUT2D eigenvalue weighted by Crippen LogP contribution is -2.42. The lowest BCUT2D eigenvalue weighted by Gasteiger charge is -2.27. The van der Waals surface area contributed by atoms with Crippen LogP contribution in [0.4, 0.5) is 0 Å². The SMILES string of the molecule is CCC(C)NC(=O)c1ccc(CN2CCNCC2)cc1. The number of hydrogen-bond donors (Lipinski definition) is 2. The van der Waals surface area contributed by atoms with E-state index in [-0.39, 0.29) is 11.9 Å². The van der Waals surface area contributed by atoms with Crippen LogP contribution in [0.25, 0.3) is 0 Å². The molecule has 1 fully saturated rings. The monoisotopic (exact) mass is 275 g/mol. The third-order valence-corrected chi connectivity index (χ3v) is 3.82. The molecule has 1 aromatic carbocycles. The fourth-order valence-corrected chi connectivity index (χ4v) is 2.30. The summed E-state index contributed by atoms with van der Waals surface area (Å²) in [4.78, 5) is 14.4. The molecule has 20 heavy (non-hydrogen) atoms. The largest absolute Gasteiger partial charge is 0.350 e. The molecule has 2 N–H and O–H groups in total. The van der Waals surface area contributed by atoms with Crippen LogP contribution in [0.2, 0.25) is 0 Å². The summed E-state index contributed by atoms with van der Waals surface area (Å²) in [5.74, 6) is 0.0214. The summed E-state index contributed by atoms with van der Waals surface area (Å²) in [5.41, 5.74) is 2.02. The Hall–Kier alpha value is -1.39. The zero-order valence-corrected chi connectivity index (χ0v) is 12.5. The Morgan fingerprint density at radius 1 is 1.30 bits per heavy atom. The third kappa shape index (κ3) is 4.32. The van der Waals surface area contributed by atoms with Gasteiger partial charge >= 0.3 is 0 Å². The topological polar surface area (TPSA) is 44.4 Å². The van der Waals surface area contributed by atoms with E-state index in [2.05, 4.69) is 34.6 Å². The Kier molecular flexibility index (Phi) is 5.56. The van der Waals surface area contributed by atoms with Crippen LogP contribution in [0, 0.1) is 0 Å². The van der Waals surface area contributed by atoms with Crippen LogP contribution in [0.1, 0.15) is 36.2 Å². The van der Waals surface area contributed by atoms with Crippen molar-refractivity contribution in [2.24, 2.45) is 0 Å². The van der Waals surface area contributed by atoms with Crippen molar-refractivity contribution in [2.75, 3.05) is 26.2 Å². The molecule has 0 spiro atoms. The average Bonchev–Trinajstić information content (AvgIpc) is 2.49. The number of carbonyl (C=O) groups excluding carboxylic acids is 1. The maximum Gasteiger partial charge on any atom is 0.251 e. The zero-order chi connectivity index (χ0) is 14.4. The minimum Gasteiger partial charge on any atom is -0.350 e. The van der Waals surface area contributed by atoms with Crippen LogP contribution in [-0.4, -0.2) is 43.0 Å². The smallest absolute Gasteiger partial charge is 0.251 e. The predicted molar refractivity (Wildman–Crippen MR) is 81.8 cm³/mol. The van der Waals surface area contributed by atoms with Crippen molar-refractivity contribution in [2.45, 2.75) is 32.9 Å². The Bertz CT molecular complexity index is 424. The number of hydrogen-bond acceptors (Lipinski definition) is 3. The molecule has 4 heteroatoms. The van der Waals surface area contributed by atoms with Gasteiger partial charge in [0.25, 0.3) is 5.91 Å². The fraction of sp³-hybridized carbons (Fsp3) is 0.562. The molecule has 0 saturated carbocycles. The normalized spacial score (nSPS) is 17.7. The molecule has 0 radical (unpaired) electrons. The molecule has 1 aliphatic heterocycles. The van der Waals surface area contributed by atoms with Gasteiger partial charge in [-0.05, 0) is 31.0 Å². The second-order valence-electron chi connectivity index (χ2n) is 5.51. The molecule has 4 nitrogen and oxygen atoms in total. The Labute approximate surface area is 121 Å². The van der Waals surface area contributed by atoms with E-state index in [9.17, 15) is 4.79 Å². The first-order valence-electron chi connectivity index (χ1n) is 7.52. The molecule has 2 rings (SSSR count). The summed E-state index contributed by atoms with van der Waals surface area (Å²) >= 11 is 0. The molecule has 1 saturated heterocycles. The maximum absolute atomic E-state index is 12.0. The van der Waals surface area contributed by atoms with Crippen LogP contribution >= 0.6 is 0 Å². The quantitative estimate of drug-likeness (QED) is 0.858. The molecule has 1 amide bonds. The summed E-state index contributed by atoms with van der Waals surface area (Å²) in [6.45, 7) is 9.38. The van der Waals surface area contributed by atoms with Crippen molar-refractivity contribution in [1.82, 2.24) is 15.5 Å². The molecular weight excluding hydrogens is 250 g/mol. The van der Waals surface area contributed by atoms with E-state index >= 15 is 0 Å². The first-order chi connectivity index (χ1) is 9.69. The standard InChI is InChI=1S/C16H25N3O/c1-3-13(2)18-16(20)15-6-4-14(5-7-15)12-19-10-8-17-9-11-19/h4-7,13,17H,3,8-12H2,1-2H3,(H,18,20). The van der Waals surface area contributed by atoms with Gasteiger partial charge in [-0.2, -0.15) is 0 Å². The van der Waals surface area contributed by atoms with Crippen molar-refractivity contribution in [1.29, 1.82) is 0 Å². The summed E-state index contributed by atoms with van der Waals surface area (Å²) in [7, 11) is 0. The Morgan fingerprint density at radius 2 is 1.95 bits per heavy atom. The van der Waals surface area contributed by atoms with Crippen molar-refractivity contribution < 1.29 is 4.79 Å². The molecule has 110 valence electrons. The van der Waals surface area contributed by atoms with Gasteiger partial charge < -0.3 is 10.6 Å². The molecule has 1 aromatic rings. The second-order valence-corrected chi connectivity index (χ2v) is 5.51. The molecule has 1 heterocycles. The van der Waals surface area contributed by atoms with Crippen LogP contribution in [0.3, 0.4) is 0 Å². The number of nitrogens with zero attached hydrogens (tertiary/aromatic N) is 1. The molecule has 1 unspecified atom stereocenters. The zero-order valence-electron chi connectivity index (χ0n) is 12.5. The van der Waals surface area contributed by atoms with E-state index in [1.807, 2.05) is 19.1 Å². The van der Waals surface area contributed by atoms with Gasteiger partial charge in [0, 0.05) is 44.3 Å². The van der Waals surface area contributed by atoms with E-state index < -0.39 is 0 Å². The van der Waals surface area contributed by atoms with Gasteiger partial charge in [-0.1, -0.05) is 19.1 Å². The van der Waals surface area contributed by atoms with E-state index in [1.165, 1.54) is 5.56 Å². The first-order valence-corrected chi connectivity index (χ1v) is 7.52. The van der Waals surface area contributed by atoms with Crippen molar-refractivity contribution in [3.05, 3.63) is 35.4 Å². The summed E-state index contributed by atoms with van der Waals surface area (Å²) in [6, 6.07) is 8.20. The van der Waals surface area contributed by atoms with Crippen molar-refractivity contribution >= 4 is 5.91 Å². The average molecular weight is 275 g/mol. The highest BCUT2D eigenvalue weighted by molar-refractivity contribution is 5.94. The van der Waals surface area contributed by atoms with E-state index in [1.54, 1.807) is 0 Å². The number of amides is 1. The number of nitrogens with one attached hydrogen (secondary N) is 2. The number of benzene rings is 1. The first kappa shape index (κ1) is 15.0. The van der Waals surface area contributed by atoms with Crippen LogP contribution in [0.5, 0.6) is 0 Å². The lowest BCUT2D eigenvalue weighted by molar-refractivity contribution is 0.0939. The van der Waals surface area contributed by atoms with Gasteiger partial charge in [0.15, 0.2) is 0 Å². The van der Waals surface area contributed by atoms with Gasteiger partial charge in [-0.3, -0.25) is 9.69 Å². The lowest BCUT2D eigenvalue weighted by atomic mass is 10.1. The van der Waals surface area contributed by atoms with E-state index in [4.69, 9.17) is 0 Å². The van der Waals surface area contributed by atoms with Gasteiger partial charge in [-0.15, -0.1) is 0 Å². The number of piperazine rings is 1. The van der Waals surface area contributed by atoms with Crippen LogP contribution < -0.4 is 10.6 Å². The van der Waals surface area contributed by atoms with Gasteiger partial charge in [-0.25, -0.2) is 0 Å². The molecule has 1 aliphatic rings. The van der Waals surface area contributed by atoms with E-state index in [0.29, 0.717) is 0 Å². The van der Waals surface area contributed by atoms with Gasteiger partial charge in [0.2, 0.25) is 0 Å². The second kappa shape index (κ2) is 7.41. The molecule has 0 aromatic heterocycles. The highest BCUT2D eigenvalue weighted by Crippen LogP contribution is 2.09. The van der Waals surface area contributed by atoms with Crippen LogP contribution in [-0.2, 0) is 6.54 Å². The Balaban J connectivity index is 1.90. The third-order valence-electron chi connectivity index (χ3n) is 3.82. The minimum atomic E-state index is 0.0214. The molecular formula is C16H25N3O. The predicted octanol–water partition coefficient (Wildman–Crippen LogP) is 1.62. The highest BCUT2D eigenvalue weighted by atomic mass is 16.1. The van der Waals surface area contributed by atoms with Crippen LogP contribution in [0.15, 0.2) is 24.3 Å². The fourth-order valence-electron chi connectivity index (χ4n) is 2.30. The maximum atomic E-state index is 12.0. The summed E-state index contributed by atoms with van der Waals surface area (Å²) < 4.78 is 0. The van der Waals surface area contributed by atoms with Crippen molar-refractivity contribution in [3.63, 3.8) is 0 Å². The van der Waals surface area contributed by atoms with Crippen molar-refractivity contribution in [3.8, 4) is 0 Å².